The standard InChI is InChI=1S/C16H15FO3/c17-11-10-12-6-8-14(9-7-12)16(20,15(18)19)13-4-2-1-3-5-13/h1-9,20H,10-11H2,(H,18,19)/t16-/m0/s1. The van der Waals surface area contributed by atoms with E-state index in [4.69, 9.17) is 0 Å². The van der Waals surface area contributed by atoms with Crippen LogP contribution in [0.15, 0.2) is 54.6 Å². The number of aryl methyl sites for hydroxylation is 1. The lowest BCUT2D eigenvalue weighted by Crippen LogP contribution is -2.36. The number of benzene rings is 2. The molecule has 2 N–H and O–H groups in total. The first-order valence-corrected chi connectivity index (χ1v) is 6.25. The summed E-state index contributed by atoms with van der Waals surface area (Å²) < 4.78 is 12.3. The van der Waals surface area contributed by atoms with Gasteiger partial charge in [-0.15, -0.1) is 0 Å². The highest BCUT2D eigenvalue weighted by Gasteiger charge is 2.39. The second-order valence-corrected chi connectivity index (χ2v) is 4.52. The van der Waals surface area contributed by atoms with E-state index in [0.29, 0.717) is 0 Å². The molecule has 0 spiro atoms. The Balaban J connectivity index is 2.46. The van der Waals surface area contributed by atoms with Crippen LogP contribution in [-0.4, -0.2) is 22.9 Å². The molecule has 0 aliphatic carbocycles. The van der Waals surface area contributed by atoms with Gasteiger partial charge in [-0.05, 0) is 16.7 Å². The monoisotopic (exact) mass is 274 g/mol. The molecule has 0 aliphatic heterocycles. The molecule has 3 nitrogen and oxygen atoms in total. The fourth-order valence-corrected chi connectivity index (χ4v) is 2.11. The van der Waals surface area contributed by atoms with Gasteiger partial charge in [-0.25, -0.2) is 4.79 Å². The van der Waals surface area contributed by atoms with Crippen molar-refractivity contribution in [2.24, 2.45) is 0 Å². The molecule has 0 fully saturated rings. The highest BCUT2D eigenvalue weighted by molar-refractivity contribution is 5.83. The molecule has 2 rings (SSSR count). The van der Waals surface area contributed by atoms with Crippen molar-refractivity contribution in [1.82, 2.24) is 0 Å². The molecule has 0 saturated heterocycles. The van der Waals surface area contributed by atoms with Crippen molar-refractivity contribution >= 4 is 5.97 Å². The van der Waals surface area contributed by atoms with Crippen molar-refractivity contribution in [3.63, 3.8) is 0 Å². The Labute approximate surface area is 116 Å². The zero-order valence-corrected chi connectivity index (χ0v) is 10.8. The van der Waals surface area contributed by atoms with Gasteiger partial charge in [-0.2, -0.15) is 0 Å². The molecule has 0 aliphatic rings. The number of hydrogen-bond donors (Lipinski definition) is 2. The molecular formula is C16H15FO3. The number of aliphatic carboxylic acids is 1. The Kier molecular flexibility index (Phi) is 4.15. The molecule has 104 valence electrons. The molecular weight excluding hydrogens is 259 g/mol. The SMILES string of the molecule is O=C(O)[C@](O)(c1ccccc1)c1ccc(CCF)cc1. The first-order valence-electron chi connectivity index (χ1n) is 6.25. The quantitative estimate of drug-likeness (QED) is 0.880. The number of aliphatic hydroxyl groups is 1. The number of halogens is 1. The molecule has 0 saturated carbocycles. The molecule has 0 unspecified atom stereocenters. The van der Waals surface area contributed by atoms with E-state index in [1.807, 2.05) is 0 Å². The molecule has 2 aromatic carbocycles. The average molecular weight is 274 g/mol. The summed E-state index contributed by atoms with van der Waals surface area (Å²) in [5.41, 5.74) is -0.809. The summed E-state index contributed by atoms with van der Waals surface area (Å²) in [5.74, 6) is -1.35. The van der Waals surface area contributed by atoms with Crippen molar-refractivity contribution in [2.45, 2.75) is 12.0 Å². The lowest BCUT2D eigenvalue weighted by molar-refractivity contribution is -0.155. The molecule has 20 heavy (non-hydrogen) atoms. The highest BCUT2D eigenvalue weighted by atomic mass is 19.1. The van der Waals surface area contributed by atoms with Crippen molar-refractivity contribution in [3.8, 4) is 0 Å². The van der Waals surface area contributed by atoms with Gasteiger partial charge in [0, 0.05) is 6.42 Å². The summed E-state index contributed by atoms with van der Waals surface area (Å²) >= 11 is 0. The van der Waals surface area contributed by atoms with E-state index in [1.54, 1.807) is 42.5 Å². The largest absolute Gasteiger partial charge is 0.479 e. The molecule has 2 aromatic rings. The normalized spacial score (nSPS) is 13.7. The predicted octanol–water partition coefficient (Wildman–Crippen LogP) is 2.52. The average Bonchev–Trinajstić information content (AvgIpc) is 2.48. The van der Waals surface area contributed by atoms with Crippen LogP contribution in [0.1, 0.15) is 16.7 Å². The van der Waals surface area contributed by atoms with Crippen molar-refractivity contribution in [2.75, 3.05) is 6.67 Å². The van der Waals surface area contributed by atoms with Crippen LogP contribution in [0.25, 0.3) is 0 Å². The summed E-state index contributed by atoms with van der Waals surface area (Å²) in [5, 5.41) is 20.0. The highest BCUT2D eigenvalue weighted by Crippen LogP contribution is 2.30. The summed E-state index contributed by atoms with van der Waals surface area (Å²) in [4.78, 5) is 11.5. The van der Waals surface area contributed by atoms with E-state index < -0.39 is 18.2 Å². The third-order valence-electron chi connectivity index (χ3n) is 3.26. The van der Waals surface area contributed by atoms with Gasteiger partial charge in [0.25, 0.3) is 0 Å². The number of carbonyl (C=O) groups is 1. The van der Waals surface area contributed by atoms with E-state index in [9.17, 15) is 19.4 Å². The van der Waals surface area contributed by atoms with E-state index in [2.05, 4.69) is 0 Å². The Morgan fingerprint density at radius 1 is 1.00 bits per heavy atom. The summed E-state index contributed by atoms with van der Waals surface area (Å²) in [7, 11) is 0. The fourth-order valence-electron chi connectivity index (χ4n) is 2.11. The molecule has 4 heteroatoms. The maximum Gasteiger partial charge on any atom is 0.345 e. The summed E-state index contributed by atoms with van der Waals surface area (Å²) in [6.07, 6.45) is 0.275. The predicted molar refractivity (Wildman–Crippen MR) is 73.2 cm³/mol. The van der Waals surface area contributed by atoms with Crippen LogP contribution in [0, 0.1) is 0 Å². The van der Waals surface area contributed by atoms with Gasteiger partial charge in [0.2, 0.25) is 5.60 Å². The van der Waals surface area contributed by atoms with Crippen LogP contribution < -0.4 is 0 Å². The lowest BCUT2D eigenvalue weighted by atomic mass is 9.86. The van der Waals surface area contributed by atoms with Gasteiger partial charge in [-0.1, -0.05) is 54.6 Å². The minimum Gasteiger partial charge on any atom is -0.479 e. The van der Waals surface area contributed by atoms with Crippen molar-refractivity contribution in [1.29, 1.82) is 0 Å². The van der Waals surface area contributed by atoms with Gasteiger partial charge < -0.3 is 10.2 Å². The lowest BCUT2D eigenvalue weighted by Gasteiger charge is -2.24. The smallest absolute Gasteiger partial charge is 0.345 e. The topological polar surface area (TPSA) is 57.5 Å². The Bertz CT molecular complexity index is 580. The van der Waals surface area contributed by atoms with Gasteiger partial charge in [-0.3, -0.25) is 4.39 Å². The van der Waals surface area contributed by atoms with Gasteiger partial charge >= 0.3 is 5.97 Å². The van der Waals surface area contributed by atoms with Gasteiger partial charge in [0.15, 0.2) is 0 Å². The Morgan fingerprint density at radius 3 is 2.05 bits per heavy atom. The summed E-state index contributed by atoms with van der Waals surface area (Å²) in [6, 6.07) is 14.5. The van der Waals surface area contributed by atoms with E-state index in [1.165, 1.54) is 12.1 Å². The van der Waals surface area contributed by atoms with Crippen LogP contribution in [-0.2, 0) is 16.8 Å². The fraction of sp³-hybridized carbons (Fsp3) is 0.188. The van der Waals surface area contributed by atoms with E-state index >= 15 is 0 Å². The van der Waals surface area contributed by atoms with E-state index in [0.717, 1.165) is 5.56 Å². The molecule has 0 bridgehead atoms. The van der Waals surface area contributed by atoms with Gasteiger partial charge in [0.05, 0.1) is 6.67 Å². The molecule has 0 amide bonds. The molecule has 0 radical (unpaired) electrons. The minimum atomic E-state index is -2.10. The van der Waals surface area contributed by atoms with Crippen molar-refractivity contribution in [3.05, 3.63) is 71.3 Å². The number of hydrogen-bond acceptors (Lipinski definition) is 2. The second kappa shape index (κ2) is 5.84. The molecule has 0 heterocycles. The minimum absolute atomic E-state index is 0.249. The third-order valence-corrected chi connectivity index (χ3v) is 3.26. The number of carboxylic acid groups (broad SMARTS) is 1. The van der Waals surface area contributed by atoms with Crippen LogP contribution in [0.3, 0.4) is 0 Å². The van der Waals surface area contributed by atoms with Crippen LogP contribution in [0.2, 0.25) is 0 Å². The van der Waals surface area contributed by atoms with Crippen LogP contribution >= 0.6 is 0 Å². The van der Waals surface area contributed by atoms with Gasteiger partial charge in [0.1, 0.15) is 0 Å². The van der Waals surface area contributed by atoms with E-state index in [-0.39, 0.29) is 17.5 Å². The first-order chi connectivity index (χ1) is 9.59. The number of rotatable bonds is 5. The first kappa shape index (κ1) is 14.2. The van der Waals surface area contributed by atoms with Crippen molar-refractivity contribution < 1.29 is 19.4 Å². The zero-order chi connectivity index (χ0) is 14.6. The number of alkyl halides is 1. The number of carboxylic acids is 1. The molecule has 1 atom stereocenters. The second-order valence-electron chi connectivity index (χ2n) is 4.52. The third kappa shape index (κ3) is 2.56. The maximum absolute atomic E-state index is 12.3. The Hall–Kier alpha value is -2.20. The van der Waals surface area contributed by atoms with Crippen LogP contribution in [0.4, 0.5) is 4.39 Å². The summed E-state index contributed by atoms with van der Waals surface area (Å²) in [6.45, 7) is -0.471. The zero-order valence-electron chi connectivity index (χ0n) is 10.8. The maximum atomic E-state index is 12.3. The molecule has 0 aromatic heterocycles. The van der Waals surface area contributed by atoms with Crippen LogP contribution in [0.5, 0.6) is 0 Å². The Morgan fingerprint density at radius 2 is 1.55 bits per heavy atom.